The van der Waals surface area contributed by atoms with Crippen LogP contribution < -0.4 is 0 Å². The molecule has 2 unspecified atom stereocenters. The molecule has 1 aliphatic rings. The van der Waals surface area contributed by atoms with Crippen LogP contribution in [0.25, 0.3) is 0 Å². The highest BCUT2D eigenvalue weighted by Gasteiger charge is 2.38. The Bertz CT molecular complexity index is 1240. The van der Waals surface area contributed by atoms with E-state index in [1.165, 1.54) is 16.7 Å². The maximum atomic E-state index is 11.8. The maximum Gasteiger partial charge on any atom is 0.320 e. The van der Waals surface area contributed by atoms with Crippen molar-refractivity contribution in [2.45, 2.75) is 63.5 Å². The van der Waals surface area contributed by atoms with Gasteiger partial charge in [-0.15, -0.1) is 0 Å². The molecule has 2 heterocycles. The quantitative estimate of drug-likeness (QED) is 0.157. The standard InChI is InChI=1S/C35H41N3O2/c1-2-28-22-24-37(33(25-28)34(39)40)23-14-6-13-21-32-26-38(27-36-32)35(29-15-7-3-8-16-29,30-17-9-4-10-18-30)31-19-11-5-12-20-31/h3-5,7-12,15-20,26-28,33H,2,6,13-14,21-25H2,1H3,(H,39,40). The van der Waals surface area contributed by atoms with Crippen LogP contribution in [0.4, 0.5) is 0 Å². The zero-order valence-corrected chi connectivity index (χ0v) is 23.5. The van der Waals surface area contributed by atoms with Crippen LogP contribution in [0.2, 0.25) is 0 Å². The molecule has 1 N–H and O–H groups in total. The topological polar surface area (TPSA) is 58.4 Å². The number of nitrogens with zero attached hydrogens (tertiary/aromatic N) is 3. The van der Waals surface area contributed by atoms with Crippen molar-refractivity contribution >= 4 is 5.97 Å². The zero-order chi connectivity index (χ0) is 27.8. The van der Waals surface area contributed by atoms with Crippen LogP contribution in [-0.2, 0) is 16.8 Å². The van der Waals surface area contributed by atoms with Gasteiger partial charge in [-0.1, -0.05) is 111 Å². The molecule has 5 nitrogen and oxygen atoms in total. The molecule has 2 atom stereocenters. The van der Waals surface area contributed by atoms with E-state index in [-0.39, 0.29) is 6.04 Å². The van der Waals surface area contributed by atoms with E-state index >= 15 is 0 Å². The van der Waals surface area contributed by atoms with Crippen molar-refractivity contribution in [3.05, 3.63) is 126 Å². The lowest BCUT2D eigenvalue weighted by Crippen LogP contribution is -2.47. The fraction of sp³-hybridized carbons (Fsp3) is 0.371. The number of rotatable bonds is 12. The normalized spacial score (nSPS) is 18.0. The predicted octanol–water partition coefficient (Wildman–Crippen LogP) is 7.01. The van der Waals surface area contributed by atoms with E-state index in [0.717, 1.165) is 63.7 Å². The first kappa shape index (κ1) is 27.9. The summed E-state index contributed by atoms with van der Waals surface area (Å²) >= 11 is 0. The molecule has 5 rings (SSSR count). The lowest BCUT2D eigenvalue weighted by molar-refractivity contribution is -0.145. The third-order valence-corrected chi connectivity index (χ3v) is 8.66. The summed E-state index contributed by atoms with van der Waals surface area (Å²) in [5.41, 5.74) is 4.12. The Morgan fingerprint density at radius 2 is 1.45 bits per heavy atom. The van der Waals surface area contributed by atoms with Gasteiger partial charge in [0.15, 0.2) is 0 Å². The number of aliphatic carboxylic acids is 1. The first-order valence-corrected chi connectivity index (χ1v) is 14.8. The van der Waals surface area contributed by atoms with Gasteiger partial charge in [0, 0.05) is 6.20 Å². The van der Waals surface area contributed by atoms with Gasteiger partial charge in [0.1, 0.15) is 11.6 Å². The van der Waals surface area contributed by atoms with Gasteiger partial charge >= 0.3 is 5.97 Å². The summed E-state index contributed by atoms with van der Waals surface area (Å²) in [5, 5.41) is 9.74. The van der Waals surface area contributed by atoms with Crippen LogP contribution in [0.3, 0.4) is 0 Å². The lowest BCUT2D eigenvalue weighted by atomic mass is 9.77. The molecule has 1 fully saturated rings. The number of hydrogen-bond donors (Lipinski definition) is 1. The number of unbranched alkanes of at least 4 members (excludes halogenated alkanes) is 2. The third-order valence-electron chi connectivity index (χ3n) is 8.66. The monoisotopic (exact) mass is 535 g/mol. The van der Waals surface area contributed by atoms with Gasteiger partial charge in [0.25, 0.3) is 0 Å². The van der Waals surface area contributed by atoms with Crippen molar-refractivity contribution in [1.82, 2.24) is 14.5 Å². The van der Waals surface area contributed by atoms with Crippen LogP contribution in [0, 0.1) is 5.92 Å². The molecule has 0 bridgehead atoms. The van der Waals surface area contributed by atoms with Crippen LogP contribution in [0.15, 0.2) is 104 Å². The smallest absolute Gasteiger partial charge is 0.320 e. The van der Waals surface area contributed by atoms with Crippen LogP contribution in [-0.4, -0.2) is 44.7 Å². The van der Waals surface area contributed by atoms with E-state index in [9.17, 15) is 9.90 Å². The predicted molar refractivity (Wildman–Crippen MR) is 160 cm³/mol. The molecule has 1 aliphatic heterocycles. The number of likely N-dealkylation sites (tertiary alicyclic amines) is 1. The molecule has 1 aromatic heterocycles. The molecule has 0 spiro atoms. The SMILES string of the molecule is CCC1CCN(CCCCCc2cn(C(c3ccccc3)(c3ccccc3)c3ccccc3)cn2)C(C(=O)O)C1. The average Bonchev–Trinajstić information content (AvgIpc) is 3.48. The second kappa shape index (κ2) is 13.1. The molecule has 0 saturated carbocycles. The minimum atomic E-state index is -0.664. The van der Waals surface area contributed by atoms with Gasteiger partial charge in [-0.3, -0.25) is 9.69 Å². The lowest BCUT2D eigenvalue weighted by Gasteiger charge is -2.37. The van der Waals surface area contributed by atoms with Crippen molar-refractivity contribution in [1.29, 1.82) is 0 Å². The Hall–Kier alpha value is -3.70. The average molecular weight is 536 g/mol. The molecule has 1 saturated heterocycles. The van der Waals surface area contributed by atoms with Gasteiger partial charge in [-0.05, 0) is 67.8 Å². The van der Waals surface area contributed by atoms with Crippen LogP contribution in [0.1, 0.15) is 67.8 Å². The van der Waals surface area contributed by atoms with Crippen molar-refractivity contribution in [3.63, 3.8) is 0 Å². The summed E-state index contributed by atoms with van der Waals surface area (Å²) in [6.45, 7) is 3.94. The largest absolute Gasteiger partial charge is 0.480 e. The summed E-state index contributed by atoms with van der Waals surface area (Å²) in [5.74, 6) is -0.121. The molecule has 0 amide bonds. The number of hydrogen-bond acceptors (Lipinski definition) is 3. The highest BCUT2D eigenvalue weighted by atomic mass is 16.4. The Morgan fingerprint density at radius 3 is 1.98 bits per heavy atom. The summed E-state index contributed by atoms with van der Waals surface area (Å²) in [6, 6.07) is 31.7. The minimum Gasteiger partial charge on any atom is -0.480 e. The maximum absolute atomic E-state index is 11.8. The second-order valence-corrected chi connectivity index (χ2v) is 11.1. The number of carboxylic acid groups (broad SMARTS) is 1. The Balaban J connectivity index is 1.31. The van der Waals surface area contributed by atoms with Crippen molar-refractivity contribution < 1.29 is 9.90 Å². The van der Waals surface area contributed by atoms with E-state index in [1.807, 2.05) is 6.33 Å². The molecule has 5 heteroatoms. The third kappa shape index (κ3) is 5.90. The number of aryl methyl sites for hydroxylation is 1. The first-order chi connectivity index (χ1) is 19.6. The van der Waals surface area contributed by atoms with E-state index < -0.39 is 11.5 Å². The number of piperidine rings is 1. The summed E-state index contributed by atoms with van der Waals surface area (Å²) in [6.07, 6.45) is 11.2. The highest BCUT2D eigenvalue weighted by Crippen LogP contribution is 2.40. The Kier molecular flexibility index (Phi) is 9.12. The molecule has 0 aliphatic carbocycles. The van der Waals surface area contributed by atoms with Gasteiger partial charge in [0.05, 0.1) is 12.0 Å². The van der Waals surface area contributed by atoms with Gasteiger partial charge in [0.2, 0.25) is 0 Å². The zero-order valence-electron chi connectivity index (χ0n) is 23.5. The number of carboxylic acids is 1. The van der Waals surface area contributed by atoms with Crippen LogP contribution in [0.5, 0.6) is 0 Å². The molecule has 0 radical (unpaired) electrons. The minimum absolute atomic E-state index is 0.323. The highest BCUT2D eigenvalue weighted by molar-refractivity contribution is 5.73. The van der Waals surface area contributed by atoms with E-state index in [0.29, 0.717) is 5.92 Å². The van der Waals surface area contributed by atoms with Crippen LogP contribution >= 0.6 is 0 Å². The molecular weight excluding hydrogens is 494 g/mol. The molecular formula is C35H41N3O2. The number of carbonyl (C=O) groups is 1. The first-order valence-electron chi connectivity index (χ1n) is 14.8. The molecule has 3 aromatic carbocycles. The number of imidazole rings is 1. The molecule has 40 heavy (non-hydrogen) atoms. The fourth-order valence-electron chi connectivity index (χ4n) is 6.44. The summed E-state index contributed by atoms with van der Waals surface area (Å²) in [4.78, 5) is 18.9. The van der Waals surface area contributed by atoms with Crippen molar-refractivity contribution in [2.75, 3.05) is 13.1 Å². The molecule has 208 valence electrons. The van der Waals surface area contributed by atoms with E-state index in [1.54, 1.807) is 0 Å². The Labute approximate surface area is 238 Å². The van der Waals surface area contributed by atoms with Crippen molar-refractivity contribution in [2.24, 2.45) is 5.92 Å². The van der Waals surface area contributed by atoms with Crippen molar-refractivity contribution in [3.8, 4) is 0 Å². The van der Waals surface area contributed by atoms with E-state index in [4.69, 9.17) is 4.98 Å². The Morgan fingerprint density at radius 1 is 0.875 bits per heavy atom. The van der Waals surface area contributed by atoms with Gasteiger partial charge in [-0.2, -0.15) is 0 Å². The van der Waals surface area contributed by atoms with E-state index in [2.05, 4.69) is 114 Å². The summed E-state index contributed by atoms with van der Waals surface area (Å²) in [7, 11) is 0. The molecule has 4 aromatic rings. The fourth-order valence-corrected chi connectivity index (χ4v) is 6.44. The number of benzene rings is 3. The van der Waals surface area contributed by atoms with Gasteiger partial charge < -0.3 is 9.67 Å². The number of aromatic nitrogens is 2. The summed E-state index contributed by atoms with van der Waals surface area (Å²) < 4.78 is 2.28. The van der Waals surface area contributed by atoms with Gasteiger partial charge in [-0.25, -0.2) is 4.98 Å². The second-order valence-electron chi connectivity index (χ2n) is 11.1.